The fourth-order valence-electron chi connectivity index (χ4n) is 2.18. The molecule has 0 aliphatic heterocycles. The summed E-state index contributed by atoms with van der Waals surface area (Å²) in [7, 11) is 0. The van der Waals surface area contributed by atoms with Crippen molar-refractivity contribution in [1.82, 2.24) is 10.2 Å². The predicted molar refractivity (Wildman–Crippen MR) is 84.8 cm³/mol. The van der Waals surface area contributed by atoms with E-state index in [9.17, 15) is 0 Å². The molecule has 0 aromatic heterocycles. The molecule has 1 unspecified atom stereocenters. The first-order chi connectivity index (χ1) is 9.24. The standard InChI is InChI=1S/C16H36N2O/c1-5-8-9-10-11-16(4)19-15-13-17-12-14-18(6-2)7-3/h16-17H,5-15H2,1-4H3. The minimum absolute atomic E-state index is 0.418. The van der Waals surface area contributed by atoms with Crippen LogP contribution in [0.1, 0.15) is 59.8 Å². The normalized spacial score (nSPS) is 13.1. The molecule has 0 aromatic carbocycles. The lowest BCUT2D eigenvalue weighted by molar-refractivity contribution is 0.0602. The van der Waals surface area contributed by atoms with Crippen molar-refractivity contribution in [2.75, 3.05) is 39.3 Å². The molecule has 0 bridgehead atoms. The summed E-state index contributed by atoms with van der Waals surface area (Å²) in [5, 5.41) is 3.45. The van der Waals surface area contributed by atoms with Gasteiger partial charge in [-0.25, -0.2) is 0 Å². The van der Waals surface area contributed by atoms with Crippen LogP contribution in [-0.4, -0.2) is 50.3 Å². The molecule has 0 rings (SSSR count). The van der Waals surface area contributed by atoms with Crippen LogP contribution in [0, 0.1) is 0 Å². The van der Waals surface area contributed by atoms with Crippen LogP contribution < -0.4 is 5.32 Å². The van der Waals surface area contributed by atoms with Gasteiger partial charge < -0.3 is 15.0 Å². The maximum absolute atomic E-state index is 5.81. The predicted octanol–water partition coefficient (Wildman–Crippen LogP) is 3.29. The first-order valence-corrected chi connectivity index (χ1v) is 8.29. The minimum Gasteiger partial charge on any atom is -0.377 e. The quantitative estimate of drug-likeness (QED) is 0.491. The van der Waals surface area contributed by atoms with E-state index in [2.05, 4.69) is 37.9 Å². The molecule has 0 aliphatic carbocycles. The van der Waals surface area contributed by atoms with Crippen molar-refractivity contribution in [1.29, 1.82) is 0 Å². The Morgan fingerprint density at radius 1 is 1.00 bits per heavy atom. The van der Waals surface area contributed by atoms with Gasteiger partial charge in [0, 0.05) is 19.6 Å². The summed E-state index contributed by atoms with van der Waals surface area (Å²) in [6.45, 7) is 15.2. The highest BCUT2D eigenvalue weighted by Crippen LogP contribution is 2.07. The smallest absolute Gasteiger partial charge is 0.0594 e. The maximum atomic E-state index is 5.81. The molecule has 0 aliphatic rings. The third-order valence-electron chi connectivity index (χ3n) is 3.64. The molecule has 0 amide bonds. The van der Waals surface area contributed by atoms with Gasteiger partial charge in [0.1, 0.15) is 0 Å². The highest BCUT2D eigenvalue weighted by atomic mass is 16.5. The number of hydrogen-bond donors (Lipinski definition) is 1. The van der Waals surface area contributed by atoms with Crippen molar-refractivity contribution in [3.05, 3.63) is 0 Å². The Labute approximate surface area is 121 Å². The molecule has 19 heavy (non-hydrogen) atoms. The average Bonchev–Trinajstić information content (AvgIpc) is 2.43. The molecule has 0 fully saturated rings. The van der Waals surface area contributed by atoms with Crippen LogP contribution in [0.2, 0.25) is 0 Å². The Bertz CT molecular complexity index is 172. The van der Waals surface area contributed by atoms with Crippen molar-refractivity contribution in [3.63, 3.8) is 0 Å². The number of nitrogens with one attached hydrogen (secondary N) is 1. The van der Waals surface area contributed by atoms with E-state index >= 15 is 0 Å². The summed E-state index contributed by atoms with van der Waals surface area (Å²) in [6, 6.07) is 0. The maximum Gasteiger partial charge on any atom is 0.0594 e. The van der Waals surface area contributed by atoms with E-state index in [4.69, 9.17) is 4.74 Å². The second kappa shape index (κ2) is 14.3. The van der Waals surface area contributed by atoms with Crippen LogP contribution in [0.25, 0.3) is 0 Å². The molecule has 3 nitrogen and oxygen atoms in total. The largest absolute Gasteiger partial charge is 0.377 e. The Kier molecular flexibility index (Phi) is 14.2. The summed E-state index contributed by atoms with van der Waals surface area (Å²) in [4.78, 5) is 2.43. The zero-order chi connectivity index (χ0) is 14.3. The van der Waals surface area contributed by atoms with Gasteiger partial charge in [-0.1, -0.05) is 46.5 Å². The Balaban J connectivity index is 3.24. The van der Waals surface area contributed by atoms with Gasteiger partial charge in [-0.05, 0) is 26.4 Å². The summed E-state index contributed by atoms with van der Waals surface area (Å²) in [6.07, 6.45) is 6.96. The zero-order valence-electron chi connectivity index (χ0n) is 13.7. The average molecular weight is 272 g/mol. The molecule has 1 atom stereocenters. The molecule has 1 N–H and O–H groups in total. The van der Waals surface area contributed by atoms with Crippen LogP contribution in [-0.2, 0) is 4.74 Å². The molecular weight excluding hydrogens is 236 g/mol. The van der Waals surface area contributed by atoms with E-state index in [0.29, 0.717) is 6.10 Å². The number of ether oxygens (including phenoxy) is 1. The van der Waals surface area contributed by atoms with E-state index in [0.717, 1.165) is 39.3 Å². The second-order valence-electron chi connectivity index (χ2n) is 5.31. The minimum atomic E-state index is 0.418. The third-order valence-corrected chi connectivity index (χ3v) is 3.64. The molecule has 0 saturated heterocycles. The fourth-order valence-corrected chi connectivity index (χ4v) is 2.18. The van der Waals surface area contributed by atoms with E-state index in [1.54, 1.807) is 0 Å². The number of likely N-dealkylation sites (N-methyl/N-ethyl adjacent to an activating group) is 1. The van der Waals surface area contributed by atoms with Crippen LogP contribution in [0.3, 0.4) is 0 Å². The molecule has 3 heteroatoms. The first kappa shape index (κ1) is 18.9. The summed E-state index contributed by atoms with van der Waals surface area (Å²) < 4.78 is 5.81. The van der Waals surface area contributed by atoms with Crippen LogP contribution in [0.15, 0.2) is 0 Å². The van der Waals surface area contributed by atoms with Crippen molar-refractivity contribution >= 4 is 0 Å². The summed E-state index contributed by atoms with van der Waals surface area (Å²) >= 11 is 0. The van der Waals surface area contributed by atoms with E-state index in [1.807, 2.05) is 0 Å². The van der Waals surface area contributed by atoms with Gasteiger partial charge in [-0.2, -0.15) is 0 Å². The number of unbranched alkanes of at least 4 members (excludes halogenated alkanes) is 3. The van der Waals surface area contributed by atoms with Crippen molar-refractivity contribution in [3.8, 4) is 0 Å². The van der Waals surface area contributed by atoms with Crippen LogP contribution in [0.4, 0.5) is 0 Å². The van der Waals surface area contributed by atoms with Gasteiger partial charge in [0.25, 0.3) is 0 Å². The van der Waals surface area contributed by atoms with Gasteiger partial charge >= 0.3 is 0 Å². The number of nitrogens with zero attached hydrogens (tertiary/aromatic N) is 1. The van der Waals surface area contributed by atoms with E-state index in [1.165, 1.54) is 32.1 Å². The lowest BCUT2D eigenvalue weighted by atomic mass is 10.1. The Morgan fingerprint density at radius 2 is 1.74 bits per heavy atom. The Morgan fingerprint density at radius 3 is 2.37 bits per heavy atom. The van der Waals surface area contributed by atoms with Gasteiger partial charge in [-0.15, -0.1) is 0 Å². The topological polar surface area (TPSA) is 24.5 Å². The lowest BCUT2D eigenvalue weighted by Gasteiger charge is -2.18. The van der Waals surface area contributed by atoms with E-state index in [-0.39, 0.29) is 0 Å². The highest BCUT2D eigenvalue weighted by molar-refractivity contribution is 4.56. The van der Waals surface area contributed by atoms with Crippen LogP contribution >= 0.6 is 0 Å². The van der Waals surface area contributed by atoms with Gasteiger partial charge in [0.15, 0.2) is 0 Å². The summed E-state index contributed by atoms with van der Waals surface area (Å²) in [5.74, 6) is 0. The fraction of sp³-hybridized carbons (Fsp3) is 1.00. The molecule has 0 heterocycles. The van der Waals surface area contributed by atoms with Gasteiger partial charge in [-0.3, -0.25) is 0 Å². The number of hydrogen-bond acceptors (Lipinski definition) is 3. The zero-order valence-corrected chi connectivity index (χ0v) is 13.7. The second-order valence-corrected chi connectivity index (χ2v) is 5.31. The van der Waals surface area contributed by atoms with Crippen molar-refractivity contribution < 1.29 is 4.74 Å². The molecular formula is C16H36N2O. The van der Waals surface area contributed by atoms with E-state index < -0.39 is 0 Å². The highest BCUT2D eigenvalue weighted by Gasteiger charge is 2.02. The number of rotatable bonds is 14. The SMILES string of the molecule is CCCCCCC(C)OCCNCCN(CC)CC. The summed E-state index contributed by atoms with van der Waals surface area (Å²) in [5.41, 5.74) is 0. The van der Waals surface area contributed by atoms with Crippen LogP contribution in [0.5, 0.6) is 0 Å². The van der Waals surface area contributed by atoms with Gasteiger partial charge in [0.05, 0.1) is 12.7 Å². The monoisotopic (exact) mass is 272 g/mol. The third kappa shape index (κ3) is 12.6. The van der Waals surface area contributed by atoms with Crippen molar-refractivity contribution in [2.45, 2.75) is 65.9 Å². The molecule has 0 spiro atoms. The van der Waals surface area contributed by atoms with Gasteiger partial charge in [0.2, 0.25) is 0 Å². The molecule has 0 radical (unpaired) electrons. The molecule has 0 aromatic rings. The van der Waals surface area contributed by atoms with Crippen molar-refractivity contribution in [2.24, 2.45) is 0 Å². The molecule has 0 saturated carbocycles. The molecule has 116 valence electrons. The first-order valence-electron chi connectivity index (χ1n) is 8.29. The lowest BCUT2D eigenvalue weighted by Crippen LogP contribution is -2.33. The Hall–Kier alpha value is -0.120.